The molecule has 3 aliphatic rings. The normalized spacial score (nSPS) is 23.6. The summed E-state index contributed by atoms with van der Waals surface area (Å²) in [6, 6.07) is 8.53. The molecule has 154 valence electrons. The molecule has 2 N–H and O–H groups in total. The summed E-state index contributed by atoms with van der Waals surface area (Å²) in [5.41, 5.74) is 4.48. The molecule has 0 radical (unpaired) electrons. The average Bonchev–Trinajstić information content (AvgIpc) is 3.04. The second kappa shape index (κ2) is 6.55. The van der Waals surface area contributed by atoms with E-state index in [2.05, 4.69) is 26.8 Å². The van der Waals surface area contributed by atoms with Crippen molar-refractivity contribution in [2.45, 2.75) is 38.6 Å². The van der Waals surface area contributed by atoms with E-state index in [1.807, 2.05) is 45.3 Å². The number of nitrogens with one attached hydrogen (secondary N) is 2. The summed E-state index contributed by atoms with van der Waals surface area (Å²) in [6.07, 6.45) is 7.72. The molecule has 0 saturated heterocycles. The van der Waals surface area contributed by atoms with Gasteiger partial charge in [0, 0.05) is 30.5 Å². The van der Waals surface area contributed by atoms with Gasteiger partial charge in [0.05, 0.1) is 22.9 Å². The van der Waals surface area contributed by atoms with Crippen LogP contribution in [0.2, 0.25) is 0 Å². The monoisotopic (exact) mass is 410 g/mol. The predicted molar refractivity (Wildman–Crippen MR) is 118 cm³/mol. The summed E-state index contributed by atoms with van der Waals surface area (Å²) in [7, 11) is 1.86. The van der Waals surface area contributed by atoms with Crippen LogP contribution < -0.4 is 10.6 Å². The molecule has 3 fully saturated rings. The molecule has 0 amide bonds. The van der Waals surface area contributed by atoms with Gasteiger partial charge >= 0.3 is 0 Å². The first-order chi connectivity index (χ1) is 14.8. The van der Waals surface area contributed by atoms with Crippen molar-refractivity contribution in [3.05, 3.63) is 41.1 Å². The molecule has 0 unspecified atom stereocenters. The number of hydrogen-bond acceptors (Lipinski definition) is 7. The number of hydrogen-bond donors (Lipinski definition) is 2. The van der Waals surface area contributed by atoms with Gasteiger partial charge in [-0.25, -0.2) is 0 Å². The lowest BCUT2D eigenvalue weighted by Crippen LogP contribution is -2.70. The Kier molecular flexibility index (Phi) is 4.03. The lowest BCUT2D eigenvalue weighted by molar-refractivity contribution is -0.0664. The Morgan fingerprint density at radius 1 is 1.13 bits per heavy atom. The van der Waals surface area contributed by atoms with Crippen LogP contribution in [0.5, 0.6) is 0 Å². The first-order valence-electron chi connectivity index (χ1n) is 10.2. The Hall–Kier alpha value is -3.91. The van der Waals surface area contributed by atoms with E-state index in [0.29, 0.717) is 17.4 Å². The van der Waals surface area contributed by atoms with Gasteiger partial charge in [0.1, 0.15) is 5.82 Å². The average molecular weight is 410 g/mol. The Morgan fingerprint density at radius 3 is 2.48 bits per heavy atom. The van der Waals surface area contributed by atoms with Crippen molar-refractivity contribution in [1.82, 2.24) is 19.7 Å². The topological polar surface area (TPSA) is 115 Å². The molecule has 2 aromatic heterocycles. The van der Waals surface area contributed by atoms with Crippen molar-refractivity contribution < 1.29 is 0 Å². The van der Waals surface area contributed by atoms with Gasteiger partial charge in [0.25, 0.3) is 0 Å². The van der Waals surface area contributed by atoms with Crippen LogP contribution in [-0.2, 0) is 7.05 Å². The van der Waals surface area contributed by atoms with Gasteiger partial charge in [0.2, 0.25) is 5.95 Å². The molecular weight excluding hydrogens is 388 g/mol. The first kappa shape index (κ1) is 19.1. The largest absolute Gasteiger partial charge is 0.348 e. The van der Waals surface area contributed by atoms with Gasteiger partial charge in [0.15, 0.2) is 5.65 Å². The number of aryl methyl sites for hydroxylation is 3. The first-order valence-corrected chi connectivity index (χ1v) is 10.2. The highest BCUT2D eigenvalue weighted by molar-refractivity contribution is 5.90. The highest BCUT2D eigenvalue weighted by Gasteiger charge is 2.69. The zero-order valence-corrected chi connectivity index (χ0v) is 17.7. The highest BCUT2D eigenvalue weighted by atomic mass is 15.3. The maximum Gasteiger partial charge on any atom is 0.227 e. The molecule has 2 bridgehead atoms. The summed E-state index contributed by atoms with van der Waals surface area (Å²) in [5, 5.41) is 30.3. The predicted octanol–water partition coefficient (Wildman–Crippen LogP) is 4.12. The van der Waals surface area contributed by atoms with Crippen LogP contribution in [0.25, 0.3) is 17.1 Å². The summed E-state index contributed by atoms with van der Waals surface area (Å²) in [4.78, 5) is 9.39. The van der Waals surface area contributed by atoms with Gasteiger partial charge in [-0.2, -0.15) is 25.6 Å². The van der Waals surface area contributed by atoms with Crippen LogP contribution in [0.15, 0.2) is 24.4 Å². The molecule has 3 saturated carbocycles. The van der Waals surface area contributed by atoms with E-state index in [1.54, 1.807) is 10.8 Å². The van der Waals surface area contributed by atoms with Gasteiger partial charge in [-0.3, -0.25) is 4.68 Å². The van der Waals surface area contributed by atoms with Gasteiger partial charge in [-0.15, -0.1) is 0 Å². The second-order valence-electron chi connectivity index (χ2n) is 8.88. The minimum absolute atomic E-state index is 0.0595. The lowest BCUT2D eigenvalue weighted by Gasteiger charge is -2.66. The molecule has 8 nitrogen and oxygen atoms in total. The van der Waals surface area contributed by atoms with E-state index in [4.69, 9.17) is 10.2 Å². The zero-order chi connectivity index (χ0) is 21.8. The fourth-order valence-electron chi connectivity index (χ4n) is 4.99. The number of anilines is 3. The SMILES string of the molecule is Cc1cc(/C=C/C#N)cc(C)c1Nc1nc(NC23CC(C#N)(C2)C3)nc2nn(C)cc12. The van der Waals surface area contributed by atoms with Crippen molar-refractivity contribution in [3.63, 3.8) is 0 Å². The fourth-order valence-corrected chi connectivity index (χ4v) is 4.99. The Morgan fingerprint density at radius 2 is 1.84 bits per heavy atom. The van der Waals surface area contributed by atoms with Gasteiger partial charge in [-0.1, -0.05) is 0 Å². The number of fused-ring (bicyclic) bond motifs is 1. The standard InChI is InChI=1S/C23H22N8/c1-14-7-16(5-4-6-24)8-15(2)18(14)26-19-17-9-31(3)30-20(17)28-21(27-19)29-23-10-22(11-23,12-23)13-25/h4-5,7-9H,10-12H2,1-3H3,(H2,26,27,28,29,30)/b5-4+. The van der Waals surface area contributed by atoms with Crippen molar-refractivity contribution in [3.8, 4) is 12.1 Å². The summed E-state index contributed by atoms with van der Waals surface area (Å²) < 4.78 is 1.73. The molecule has 3 aliphatic carbocycles. The Balaban J connectivity index is 1.49. The molecule has 3 aromatic rings. The summed E-state index contributed by atoms with van der Waals surface area (Å²) in [6.45, 7) is 4.06. The minimum atomic E-state index is -0.140. The van der Waals surface area contributed by atoms with Crippen molar-refractivity contribution in [2.75, 3.05) is 10.6 Å². The molecule has 0 spiro atoms. The third-order valence-electron chi connectivity index (χ3n) is 6.29. The summed E-state index contributed by atoms with van der Waals surface area (Å²) in [5.74, 6) is 1.22. The molecule has 2 heterocycles. The molecule has 0 aliphatic heterocycles. The highest BCUT2D eigenvalue weighted by Crippen LogP contribution is 2.67. The molecule has 6 rings (SSSR count). The number of aromatic nitrogens is 4. The quantitative estimate of drug-likeness (QED) is 0.608. The van der Waals surface area contributed by atoms with Crippen LogP contribution in [0, 0.1) is 41.9 Å². The molecule has 0 atom stereocenters. The fraction of sp³-hybridized carbons (Fsp3) is 0.348. The Labute approximate surface area is 180 Å². The molecule has 1 aromatic carbocycles. The number of nitriles is 2. The number of allylic oxidation sites excluding steroid dienone is 1. The molecular formula is C23H22N8. The zero-order valence-electron chi connectivity index (χ0n) is 17.7. The number of nitrogens with zero attached hydrogens (tertiary/aromatic N) is 6. The van der Waals surface area contributed by atoms with Gasteiger partial charge < -0.3 is 10.6 Å². The van der Waals surface area contributed by atoms with Crippen LogP contribution >= 0.6 is 0 Å². The van der Waals surface area contributed by atoms with E-state index < -0.39 is 0 Å². The minimum Gasteiger partial charge on any atom is -0.348 e. The van der Waals surface area contributed by atoms with Crippen LogP contribution in [0.1, 0.15) is 36.0 Å². The van der Waals surface area contributed by atoms with Crippen molar-refractivity contribution in [2.24, 2.45) is 12.5 Å². The van der Waals surface area contributed by atoms with Crippen LogP contribution in [0.4, 0.5) is 17.5 Å². The number of benzene rings is 1. The van der Waals surface area contributed by atoms with Gasteiger partial charge in [-0.05, 0) is 68.0 Å². The number of rotatable bonds is 5. The maximum absolute atomic E-state index is 9.28. The van der Waals surface area contributed by atoms with E-state index in [9.17, 15) is 5.26 Å². The van der Waals surface area contributed by atoms with Crippen molar-refractivity contribution >= 4 is 34.6 Å². The third-order valence-corrected chi connectivity index (χ3v) is 6.29. The maximum atomic E-state index is 9.28. The molecule has 31 heavy (non-hydrogen) atoms. The van der Waals surface area contributed by atoms with Crippen molar-refractivity contribution in [1.29, 1.82) is 10.5 Å². The molecule has 8 heteroatoms. The van der Waals surface area contributed by atoms with E-state index >= 15 is 0 Å². The van der Waals surface area contributed by atoms with E-state index in [1.165, 1.54) is 6.08 Å². The second-order valence-corrected chi connectivity index (χ2v) is 8.88. The van der Waals surface area contributed by atoms with Crippen LogP contribution in [0.3, 0.4) is 0 Å². The Bertz CT molecular complexity index is 1290. The van der Waals surface area contributed by atoms with E-state index in [-0.39, 0.29) is 11.0 Å². The summed E-state index contributed by atoms with van der Waals surface area (Å²) >= 11 is 0. The smallest absolute Gasteiger partial charge is 0.227 e. The van der Waals surface area contributed by atoms with Crippen LogP contribution in [-0.4, -0.2) is 25.3 Å². The lowest BCUT2D eigenvalue weighted by atomic mass is 9.40. The van der Waals surface area contributed by atoms with E-state index in [0.717, 1.165) is 47.0 Å². The third kappa shape index (κ3) is 3.08.